The van der Waals surface area contributed by atoms with Crippen LogP contribution < -0.4 is 9.46 Å². The number of pyridine rings is 2. The van der Waals surface area contributed by atoms with Crippen molar-refractivity contribution in [3.05, 3.63) is 94.9 Å². The third-order valence-electron chi connectivity index (χ3n) is 2.70. The number of phenols is 2. The molecule has 0 aliphatic rings. The van der Waals surface area contributed by atoms with Crippen LogP contribution in [0.2, 0.25) is 0 Å². The summed E-state index contributed by atoms with van der Waals surface area (Å²) in [4.78, 5) is 0. The van der Waals surface area contributed by atoms with Crippen molar-refractivity contribution in [1.29, 1.82) is 0 Å². The van der Waals surface area contributed by atoms with Crippen LogP contribution in [0.15, 0.2) is 73.3 Å². The molecule has 24 heavy (non-hydrogen) atoms. The van der Waals surface area contributed by atoms with Crippen LogP contribution in [0.25, 0.3) is 0 Å². The lowest BCUT2D eigenvalue weighted by Gasteiger charge is -1.92. The maximum atomic E-state index is 10.4. The summed E-state index contributed by atoms with van der Waals surface area (Å²) in [5, 5.41) is 38.1. The fraction of sp³-hybridized carbons (Fsp3) is 0.111. The van der Waals surface area contributed by atoms with Gasteiger partial charge < -0.3 is 20.6 Å². The third-order valence-corrected chi connectivity index (χ3v) is 2.70. The monoisotopic (exact) mass is 328 g/mol. The summed E-state index contributed by atoms with van der Waals surface area (Å²) in [5.74, 6) is 0.339. The van der Waals surface area contributed by atoms with Gasteiger partial charge in [-0.25, -0.2) is 0 Å². The minimum Gasteiger partial charge on any atom is -0.619 e. The first kappa shape index (κ1) is 18.8. The maximum Gasteiger partial charge on any atom is 0.183 e. The summed E-state index contributed by atoms with van der Waals surface area (Å²) >= 11 is 0. The Morgan fingerprint density at radius 1 is 0.667 bits per heavy atom. The van der Waals surface area contributed by atoms with Crippen LogP contribution in [-0.4, -0.2) is 10.2 Å². The molecule has 126 valence electrons. The molecule has 0 atom stereocenters. The number of nitrogens with zero attached hydrogens (tertiary/aromatic N) is 2. The molecule has 2 N–H and O–H groups in total. The number of aromatic nitrogens is 2. The first-order valence-corrected chi connectivity index (χ1v) is 7.15. The van der Waals surface area contributed by atoms with Crippen molar-refractivity contribution < 1.29 is 19.7 Å². The normalized spacial score (nSPS) is 9.08. The molecule has 0 amide bonds. The van der Waals surface area contributed by atoms with Gasteiger partial charge in [0.1, 0.15) is 11.5 Å². The lowest BCUT2D eigenvalue weighted by molar-refractivity contribution is -0.605. The molecule has 0 saturated carbocycles. The molecular formula is C18H20N2O4. The summed E-state index contributed by atoms with van der Waals surface area (Å²) in [5.41, 5.74) is 1.98. The zero-order valence-electron chi connectivity index (χ0n) is 13.5. The van der Waals surface area contributed by atoms with Gasteiger partial charge in [0.05, 0.1) is 0 Å². The van der Waals surface area contributed by atoms with Gasteiger partial charge in [-0.15, -0.1) is 0 Å². The smallest absolute Gasteiger partial charge is 0.183 e. The first-order chi connectivity index (χ1) is 11.4. The van der Waals surface area contributed by atoms with Gasteiger partial charge in [0.25, 0.3) is 0 Å². The first-order valence-electron chi connectivity index (χ1n) is 7.15. The SMILES string of the molecule is Cc1ccc[n+]([O-])c1.Cc1ccc[n+]([O-])c1.Oc1ccc(O)cc1. The standard InChI is InChI=1S/2C6H7NO.C6H6O2/c2*1-6-3-2-4-7(8)5-6;7-5-1-2-6(8)4-3-5/h2*2-5H,1H3;1-4,7-8H. The number of benzene rings is 1. The van der Waals surface area contributed by atoms with Crippen LogP contribution in [0.3, 0.4) is 0 Å². The highest BCUT2D eigenvalue weighted by atomic mass is 16.5. The van der Waals surface area contributed by atoms with Crippen molar-refractivity contribution in [3.8, 4) is 11.5 Å². The van der Waals surface area contributed by atoms with Gasteiger partial charge >= 0.3 is 0 Å². The Hall–Kier alpha value is -3.28. The van der Waals surface area contributed by atoms with Crippen LogP contribution in [0, 0.1) is 24.3 Å². The van der Waals surface area contributed by atoms with E-state index in [1.54, 1.807) is 12.1 Å². The van der Waals surface area contributed by atoms with E-state index in [1.807, 2.05) is 26.0 Å². The summed E-state index contributed by atoms with van der Waals surface area (Å²) in [6.45, 7) is 3.77. The molecule has 0 unspecified atom stereocenters. The fourth-order valence-corrected chi connectivity index (χ4v) is 1.59. The molecule has 0 fully saturated rings. The number of phenolic OH excluding ortho intramolecular Hbond substituents is 2. The minimum absolute atomic E-state index is 0.169. The average Bonchev–Trinajstić information content (AvgIpc) is 2.51. The second-order valence-electron chi connectivity index (χ2n) is 5.00. The summed E-state index contributed by atoms with van der Waals surface area (Å²) in [7, 11) is 0. The Kier molecular flexibility index (Phi) is 7.57. The van der Waals surface area contributed by atoms with E-state index in [1.165, 1.54) is 49.1 Å². The van der Waals surface area contributed by atoms with E-state index in [0.29, 0.717) is 0 Å². The van der Waals surface area contributed by atoms with Gasteiger partial charge in [-0.1, -0.05) is 0 Å². The molecule has 6 nitrogen and oxygen atoms in total. The lowest BCUT2D eigenvalue weighted by atomic mass is 10.3. The van der Waals surface area contributed by atoms with Crippen molar-refractivity contribution >= 4 is 0 Å². The molecule has 0 aliphatic heterocycles. The molecular weight excluding hydrogens is 308 g/mol. The van der Waals surface area contributed by atoms with Crippen molar-refractivity contribution in [1.82, 2.24) is 0 Å². The fourth-order valence-electron chi connectivity index (χ4n) is 1.59. The minimum atomic E-state index is 0.169. The predicted octanol–water partition coefficient (Wildman–Crippen LogP) is 2.35. The summed E-state index contributed by atoms with van der Waals surface area (Å²) in [6.07, 6.45) is 5.99. The Bertz CT molecular complexity index is 647. The van der Waals surface area contributed by atoms with E-state index in [9.17, 15) is 10.4 Å². The maximum absolute atomic E-state index is 10.4. The average molecular weight is 328 g/mol. The predicted molar refractivity (Wildman–Crippen MR) is 90.0 cm³/mol. The molecule has 1 aromatic carbocycles. The molecule has 2 aromatic heterocycles. The van der Waals surface area contributed by atoms with E-state index in [4.69, 9.17) is 10.2 Å². The topological polar surface area (TPSA) is 94.3 Å². The highest BCUT2D eigenvalue weighted by Crippen LogP contribution is 2.13. The van der Waals surface area contributed by atoms with Crippen LogP contribution in [0.1, 0.15) is 11.1 Å². The van der Waals surface area contributed by atoms with E-state index in [2.05, 4.69) is 0 Å². The number of rotatable bonds is 0. The molecule has 2 heterocycles. The van der Waals surface area contributed by atoms with Crippen LogP contribution in [0.5, 0.6) is 11.5 Å². The molecule has 6 heteroatoms. The van der Waals surface area contributed by atoms with Crippen molar-refractivity contribution in [2.45, 2.75) is 13.8 Å². The van der Waals surface area contributed by atoms with E-state index in [-0.39, 0.29) is 11.5 Å². The summed E-state index contributed by atoms with van der Waals surface area (Å²) < 4.78 is 1.57. The number of aromatic hydroxyl groups is 2. The zero-order valence-corrected chi connectivity index (χ0v) is 13.5. The van der Waals surface area contributed by atoms with Gasteiger partial charge in [0, 0.05) is 23.3 Å². The second kappa shape index (κ2) is 9.68. The van der Waals surface area contributed by atoms with Crippen LogP contribution in [0.4, 0.5) is 0 Å². The Balaban J connectivity index is 0.000000180. The van der Waals surface area contributed by atoms with Crippen LogP contribution in [-0.2, 0) is 0 Å². The highest BCUT2D eigenvalue weighted by Gasteiger charge is 1.86. The molecule has 0 saturated heterocycles. The van der Waals surface area contributed by atoms with Gasteiger partial charge in [0.15, 0.2) is 24.8 Å². The Labute approximate surface area is 140 Å². The number of hydrogen-bond acceptors (Lipinski definition) is 4. The largest absolute Gasteiger partial charge is 0.619 e. The Morgan fingerprint density at radius 2 is 1.00 bits per heavy atom. The molecule has 0 bridgehead atoms. The third kappa shape index (κ3) is 8.23. The van der Waals surface area contributed by atoms with Gasteiger partial charge in [-0.2, -0.15) is 9.46 Å². The lowest BCUT2D eigenvalue weighted by Crippen LogP contribution is -2.23. The Morgan fingerprint density at radius 3 is 1.21 bits per heavy atom. The summed E-state index contributed by atoms with van der Waals surface area (Å²) in [6, 6.07) is 12.9. The molecule has 0 aliphatic carbocycles. The molecule has 0 spiro atoms. The second-order valence-corrected chi connectivity index (χ2v) is 5.00. The molecule has 3 aromatic rings. The zero-order chi connectivity index (χ0) is 17.9. The number of aryl methyl sites for hydroxylation is 2. The van der Waals surface area contributed by atoms with E-state index < -0.39 is 0 Å². The van der Waals surface area contributed by atoms with Crippen molar-refractivity contribution in [3.63, 3.8) is 0 Å². The van der Waals surface area contributed by atoms with E-state index in [0.717, 1.165) is 20.6 Å². The van der Waals surface area contributed by atoms with Crippen molar-refractivity contribution in [2.75, 3.05) is 0 Å². The van der Waals surface area contributed by atoms with E-state index >= 15 is 0 Å². The van der Waals surface area contributed by atoms with Crippen molar-refractivity contribution in [2.24, 2.45) is 0 Å². The van der Waals surface area contributed by atoms with Crippen LogP contribution >= 0.6 is 0 Å². The number of hydrogen-bond donors (Lipinski definition) is 2. The molecule has 3 rings (SSSR count). The van der Waals surface area contributed by atoms with Gasteiger partial charge in [-0.05, 0) is 50.2 Å². The highest BCUT2D eigenvalue weighted by molar-refractivity contribution is 5.28. The van der Waals surface area contributed by atoms with Gasteiger partial charge in [0.2, 0.25) is 0 Å². The molecule has 0 radical (unpaired) electrons. The van der Waals surface area contributed by atoms with Gasteiger partial charge in [-0.3, -0.25) is 0 Å². The quantitative estimate of drug-likeness (QED) is 0.376.